The van der Waals surface area contributed by atoms with Crippen molar-refractivity contribution in [1.82, 2.24) is 14.9 Å². The number of carbonyl (C=O) groups excluding carboxylic acids is 2. The van der Waals surface area contributed by atoms with Crippen LogP contribution >= 0.6 is 23.4 Å². The number of aromatic amines is 1. The zero-order chi connectivity index (χ0) is 26.9. The summed E-state index contributed by atoms with van der Waals surface area (Å²) in [5, 5.41) is 1.11. The molecule has 1 fully saturated rings. The Labute approximate surface area is 218 Å². The van der Waals surface area contributed by atoms with Crippen LogP contribution in [0.3, 0.4) is 0 Å². The molecule has 196 valence electrons. The Morgan fingerprint density at radius 1 is 1.22 bits per heavy atom. The second-order valence-corrected chi connectivity index (χ2v) is 10.0. The van der Waals surface area contributed by atoms with Crippen molar-refractivity contribution in [3.05, 3.63) is 53.2 Å². The second kappa shape index (κ2) is 10.7. The first-order valence-electron chi connectivity index (χ1n) is 11.1. The van der Waals surface area contributed by atoms with Crippen LogP contribution in [0.1, 0.15) is 17.9 Å². The number of aromatic nitrogens is 3. The van der Waals surface area contributed by atoms with E-state index in [9.17, 15) is 27.2 Å². The van der Waals surface area contributed by atoms with E-state index >= 15 is 0 Å². The molecule has 1 aliphatic rings. The minimum Gasteiger partial charge on any atom is -0.350 e. The van der Waals surface area contributed by atoms with E-state index in [1.165, 1.54) is 6.20 Å². The van der Waals surface area contributed by atoms with Gasteiger partial charge in [-0.3, -0.25) is 4.79 Å². The normalized spacial score (nSPS) is 16.9. The number of amides is 1. The number of halogens is 5. The van der Waals surface area contributed by atoms with Gasteiger partial charge in [0.1, 0.15) is 18.2 Å². The Hall–Kier alpha value is -3.12. The maximum absolute atomic E-state index is 13.5. The summed E-state index contributed by atoms with van der Waals surface area (Å²) in [7, 11) is 3.41. The monoisotopic (exact) mass is 557 g/mol. The Kier molecular flexibility index (Phi) is 7.79. The van der Waals surface area contributed by atoms with Crippen LogP contribution in [0.4, 0.5) is 17.6 Å². The lowest BCUT2D eigenvalue weighted by atomic mass is 10.0. The number of alkyl halides is 4. The van der Waals surface area contributed by atoms with Gasteiger partial charge in [-0.05, 0) is 41.8 Å². The van der Waals surface area contributed by atoms with Crippen LogP contribution < -0.4 is 9.30 Å². The molecule has 4 rings (SSSR count). The molecule has 0 saturated heterocycles. The van der Waals surface area contributed by atoms with Crippen LogP contribution in [0.5, 0.6) is 6.01 Å². The fourth-order valence-corrected chi connectivity index (χ4v) is 4.96. The van der Waals surface area contributed by atoms with Crippen molar-refractivity contribution in [2.24, 2.45) is 5.92 Å². The Morgan fingerprint density at radius 2 is 1.92 bits per heavy atom. The van der Waals surface area contributed by atoms with E-state index in [1.54, 1.807) is 43.3 Å². The largest absolute Gasteiger partial charge is 0.491 e. The van der Waals surface area contributed by atoms with Gasteiger partial charge in [0.2, 0.25) is 10.9 Å². The number of imidazole rings is 1. The average Bonchev–Trinajstić information content (AvgIpc) is 3.58. The number of ether oxygens (including phenoxy) is 1. The lowest BCUT2D eigenvalue weighted by Gasteiger charge is -2.09. The van der Waals surface area contributed by atoms with Gasteiger partial charge in [0, 0.05) is 31.8 Å². The first-order chi connectivity index (χ1) is 17.5. The van der Waals surface area contributed by atoms with E-state index < -0.39 is 24.8 Å². The molecule has 1 aliphatic carbocycles. The summed E-state index contributed by atoms with van der Waals surface area (Å²) in [6.45, 7) is -1.30. The Morgan fingerprint density at radius 3 is 2.49 bits per heavy atom. The number of nitrogens with one attached hydrogen (secondary N) is 1. The third kappa shape index (κ3) is 6.07. The standard InChI is InChI=1S/C24H21ClF4N4O3S/c1-32(2)20(34)17-11-16(17)13-3-5-14(6-4-13)19-21(37-18-8-7-15(25)12-30-18)33(10-9-26)23(31-19)36-22(35)24(27,28)29/h3-8,12,16-17H,9-11H2,1-2H3/p+1/t16-,17+/m1/s1. The van der Waals surface area contributed by atoms with Gasteiger partial charge in [0.25, 0.3) is 0 Å². The molecule has 7 nitrogen and oxygen atoms in total. The van der Waals surface area contributed by atoms with E-state index in [2.05, 4.69) is 14.7 Å². The number of carbonyl (C=O) groups is 2. The summed E-state index contributed by atoms with van der Waals surface area (Å²) in [6.07, 6.45) is -3.11. The van der Waals surface area contributed by atoms with E-state index in [0.29, 0.717) is 21.3 Å². The molecule has 0 spiro atoms. The van der Waals surface area contributed by atoms with Crippen LogP contribution in [0.15, 0.2) is 52.6 Å². The molecule has 37 heavy (non-hydrogen) atoms. The fourth-order valence-electron chi connectivity index (χ4n) is 3.86. The van der Waals surface area contributed by atoms with E-state index in [0.717, 1.165) is 28.3 Å². The van der Waals surface area contributed by atoms with Crippen LogP contribution in [0.25, 0.3) is 11.3 Å². The van der Waals surface area contributed by atoms with Crippen LogP contribution in [-0.4, -0.2) is 53.7 Å². The van der Waals surface area contributed by atoms with Crippen molar-refractivity contribution < 1.29 is 36.5 Å². The van der Waals surface area contributed by atoms with Gasteiger partial charge in [-0.2, -0.15) is 17.7 Å². The highest BCUT2D eigenvalue weighted by Gasteiger charge is 2.45. The number of pyridine rings is 1. The van der Waals surface area contributed by atoms with Gasteiger partial charge in [0.15, 0.2) is 5.69 Å². The highest BCUT2D eigenvalue weighted by Crippen LogP contribution is 2.48. The molecule has 1 amide bonds. The average molecular weight is 558 g/mol. The highest BCUT2D eigenvalue weighted by atomic mass is 35.5. The third-order valence-electron chi connectivity index (χ3n) is 5.74. The molecule has 13 heteroatoms. The third-order valence-corrected chi connectivity index (χ3v) is 7.03. The van der Waals surface area contributed by atoms with Gasteiger partial charge < -0.3 is 9.64 Å². The zero-order valence-corrected chi connectivity index (χ0v) is 21.3. The molecule has 2 atom stereocenters. The molecule has 1 saturated carbocycles. The van der Waals surface area contributed by atoms with Crippen molar-refractivity contribution in [2.75, 3.05) is 20.8 Å². The minimum atomic E-state index is -5.24. The van der Waals surface area contributed by atoms with E-state index in [-0.39, 0.29) is 29.3 Å². The predicted molar refractivity (Wildman–Crippen MR) is 127 cm³/mol. The maximum Gasteiger partial charge on any atom is 0.491 e. The number of hydrogen-bond donors (Lipinski definition) is 1. The summed E-state index contributed by atoms with van der Waals surface area (Å²) in [4.78, 5) is 32.2. The molecule has 0 unspecified atom stereocenters. The summed E-state index contributed by atoms with van der Waals surface area (Å²) >= 11 is 6.94. The highest BCUT2D eigenvalue weighted by molar-refractivity contribution is 7.99. The summed E-state index contributed by atoms with van der Waals surface area (Å²) in [6, 6.07) is 9.77. The zero-order valence-electron chi connectivity index (χ0n) is 19.7. The molecule has 0 aliphatic heterocycles. The quantitative estimate of drug-likeness (QED) is 0.245. The van der Waals surface area contributed by atoms with Gasteiger partial charge in [-0.1, -0.05) is 35.9 Å². The summed E-state index contributed by atoms with van der Waals surface area (Å²) in [5.41, 5.74) is 1.81. The van der Waals surface area contributed by atoms with E-state index in [4.69, 9.17) is 11.6 Å². The number of esters is 1. The van der Waals surface area contributed by atoms with E-state index in [1.807, 2.05) is 12.1 Å². The summed E-state index contributed by atoms with van der Waals surface area (Å²) in [5.74, 6) is -2.39. The van der Waals surface area contributed by atoms with Crippen molar-refractivity contribution in [1.29, 1.82) is 0 Å². The predicted octanol–water partition coefficient (Wildman–Crippen LogP) is 4.80. The lowest BCUT2D eigenvalue weighted by molar-refractivity contribution is -0.733. The molecule has 0 bridgehead atoms. The SMILES string of the molecule is CN(C)C(=O)[C@H]1C[C@@H]1c1ccc(-c2[nH]c(OC(=O)C(F)(F)F)[n+](CCF)c2Sc2ccc(Cl)cn2)cc1. The van der Waals surface area contributed by atoms with Crippen LogP contribution in [0.2, 0.25) is 5.02 Å². The summed E-state index contributed by atoms with van der Waals surface area (Å²) < 4.78 is 57.9. The first kappa shape index (κ1) is 26.9. The molecule has 1 N–H and O–H groups in total. The maximum atomic E-state index is 13.5. The Balaban J connectivity index is 1.71. The topological polar surface area (TPSA) is 79.2 Å². The van der Waals surface area contributed by atoms with Gasteiger partial charge in [0.05, 0.1) is 5.02 Å². The number of rotatable bonds is 8. The number of nitrogens with zero attached hydrogens (tertiary/aromatic N) is 3. The molecule has 3 aromatic rings. The molecular formula is C24H22ClF4N4O3S+. The number of hydrogen-bond acceptors (Lipinski definition) is 5. The number of H-pyrrole nitrogens is 1. The molecule has 2 aromatic heterocycles. The van der Waals surface area contributed by atoms with Gasteiger partial charge in [-0.15, -0.1) is 0 Å². The van der Waals surface area contributed by atoms with Gasteiger partial charge in [-0.25, -0.2) is 19.2 Å². The van der Waals surface area contributed by atoms with Crippen LogP contribution in [-0.2, 0) is 16.1 Å². The fraction of sp³-hybridized carbons (Fsp3) is 0.333. The van der Waals surface area contributed by atoms with Gasteiger partial charge >= 0.3 is 18.2 Å². The molecule has 0 radical (unpaired) electrons. The number of benzene rings is 1. The van der Waals surface area contributed by atoms with Crippen molar-refractivity contribution in [3.8, 4) is 17.3 Å². The van der Waals surface area contributed by atoms with Crippen molar-refractivity contribution >= 4 is 35.2 Å². The second-order valence-electron chi connectivity index (χ2n) is 8.56. The smallest absolute Gasteiger partial charge is 0.350 e. The molecule has 1 aromatic carbocycles. The molecule has 2 heterocycles. The van der Waals surface area contributed by atoms with Crippen molar-refractivity contribution in [2.45, 2.75) is 35.1 Å². The minimum absolute atomic E-state index is 0.0518. The Bertz CT molecular complexity index is 1300. The first-order valence-corrected chi connectivity index (χ1v) is 12.3. The lowest BCUT2D eigenvalue weighted by Crippen LogP contribution is -2.40. The molecular weight excluding hydrogens is 536 g/mol. The van der Waals surface area contributed by atoms with Crippen molar-refractivity contribution in [3.63, 3.8) is 0 Å². The van der Waals surface area contributed by atoms with Crippen LogP contribution in [0, 0.1) is 5.92 Å².